The smallest absolute Gasteiger partial charge is 0.211 e. The predicted octanol–water partition coefficient (Wildman–Crippen LogP) is 4.87. The molecule has 1 aliphatic rings. The highest BCUT2D eigenvalue weighted by atomic mass is 32.2. The molecule has 0 spiro atoms. The first-order valence-electron chi connectivity index (χ1n) is 11.7. The van der Waals surface area contributed by atoms with E-state index < -0.39 is 21.1 Å². The average molecular weight is 487 g/mol. The first-order chi connectivity index (χ1) is 16.1. The first-order valence-corrected chi connectivity index (χ1v) is 13.1. The van der Waals surface area contributed by atoms with Gasteiger partial charge in [0.25, 0.3) is 0 Å². The van der Waals surface area contributed by atoms with Gasteiger partial charge in [0.05, 0.1) is 28.6 Å². The number of fused-ring (bicyclic) bond motifs is 1. The molecule has 0 radical (unpaired) electrons. The van der Waals surface area contributed by atoms with Gasteiger partial charge in [-0.3, -0.25) is 4.79 Å². The SMILES string of the molecule is CCCn1cc(S(=O)(=O)c2ccc(OC)cc2)c(=O)c2cc(F)c(N3C[C@H](C)C[C@@H](C)C3)cc21. The van der Waals surface area contributed by atoms with Crippen LogP contribution in [0.25, 0.3) is 10.9 Å². The Morgan fingerprint density at radius 3 is 2.32 bits per heavy atom. The maximum absolute atomic E-state index is 15.3. The Hall–Kier alpha value is -2.87. The topological polar surface area (TPSA) is 68.6 Å². The lowest BCUT2D eigenvalue weighted by Crippen LogP contribution is -2.39. The molecule has 1 aliphatic heterocycles. The number of nitrogens with zero attached hydrogens (tertiary/aromatic N) is 2. The number of hydrogen-bond donors (Lipinski definition) is 0. The Kier molecular flexibility index (Phi) is 6.71. The van der Waals surface area contributed by atoms with Gasteiger partial charge < -0.3 is 14.2 Å². The summed E-state index contributed by atoms with van der Waals surface area (Å²) in [7, 11) is -2.62. The fourth-order valence-corrected chi connectivity index (χ4v) is 6.34. The van der Waals surface area contributed by atoms with Crippen LogP contribution in [0.3, 0.4) is 0 Å². The third kappa shape index (κ3) is 4.43. The van der Waals surface area contributed by atoms with Crippen LogP contribution in [0.2, 0.25) is 0 Å². The Balaban J connectivity index is 1.89. The summed E-state index contributed by atoms with van der Waals surface area (Å²) >= 11 is 0. The van der Waals surface area contributed by atoms with Gasteiger partial charge in [-0.05, 0) is 61.1 Å². The van der Waals surface area contributed by atoms with Crippen molar-refractivity contribution in [1.82, 2.24) is 4.57 Å². The number of ether oxygens (including phenoxy) is 1. The van der Waals surface area contributed by atoms with Gasteiger partial charge in [-0.25, -0.2) is 12.8 Å². The molecule has 0 unspecified atom stereocenters. The fraction of sp³-hybridized carbons (Fsp3) is 0.423. The minimum atomic E-state index is -4.11. The van der Waals surface area contributed by atoms with Gasteiger partial charge in [0, 0.05) is 25.8 Å². The number of halogens is 1. The van der Waals surface area contributed by atoms with Crippen molar-refractivity contribution in [2.75, 3.05) is 25.1 Å². The maximum Gasteiger partial charge on any atom is 0.211 e. The molecule has 0 N–H and O–H groups in total. The number of piperidine rings is 1. The van der Waals surface area contributed by atoms with Crippen LogP contribution in [0.15, 0.2) is 57.2 Å². The summed E-state index contributed by atoms with van der Waals surface area (Å²) in [6.45, 7) is 8.28. The van der Waals surface area contributed by atoms with Crippen LogP contribution in [0.1, 0.15) is 33.6 Å². The van der Waals surface area contributed by atoms with Crippen molar-refractivity contribution in [3.8, 4) is 5.75 Å². The Labute approximate surface area is 199 Å². The zero-order valence-electron chi connectivity index (χ0n) is 20.0. The predicted molar refractivity (Wildman–Crippen MR) is 132 cm³/mol. The second-order valence-electron chi connectivity index (χ2n) is 9.37. The number of pyridine rings is 1. The summed E-state index contributed by atoms with van der Waals surface area (Å²) in [5, 5.41) is 0.0717. The van der Waals surface area contributed by atoms with Crippen LogP contribution in [0.4, 0.5) is 10.1 Å². The number of hydrogen-bond acceptors (Lipinski definition) is 5. The van der Waals surface area contributed by atoms with Crippen molar-refractivity contribution < 1.29 is 17.5 Å². The molecule has 34 heavy (non-hydrogen) atoms. The van der Waals surface area contributed by atoms with Crippen molar-refractivity contribution in [3.63, 3.8) is 0 Å². The van der Waals surface area contributed by atoms with Crippen LogP contribution >= 0.6 is 0 Å². The number of methoxy groups -OCH3 is 1. The number of aryl methyl sites for hydroxylation is 1. The highest BCUT2D eigenvalue weighted by molar-refractivity contribution is 7.91. The molecule has 4 rings (SSSR count). The molecule has 1 saturated heterocycles. The third-order valence-corrected chi connectivity index (χ3v) is 8.21. The Morgan fingerprint density at radius 2 is 1.74 bits per heavy atom. The molecule has 0 amide bonds. The third-order valence-electron chi connectivity index (χ3n) is 6.45. The average Bonchev–Trinajstić information content (AvgIpc) is 2.80. The van der Waals surface area contributed by atoms with E-state index >= 15 is 4.39 Å². The Morgan fingerprint density at radius 1 is 1.09 bits per heavy atom. The van der Waals surface area contributed by atoms with Crippen molar-refractivity contribution in [2.45, 2.75) is 49.9 Å². The van der Waals surface area contributed by atoms with Crippen LogP contribution in [0, 0.1) is 17.7 Å². The standard InChI is InChI=1S/C26H31FN2O4S/c1-5-10-28-16-25(34(31,32)20-8-6-19(33-4)7-9-20)26(30)21-12-22(27)24(13-23(21)28)29-14-17(2)11-18(3)15-29/h6-9,12-13,16-18H,5,10-11,14-15H2,1-4H3/t17-,18-/m1/s1. The number of anilines is 1. The van der Waals surface area contributed by atoms with E-state index in [1.165, 1.54) is 43.6 Å². The van der Waals surface area contributed by atoms with Crippen LogP contribution in [0.5, 0.6) is 5.75 Å². The largest absolute Gasteiger partial charge is 0.497 e. The van der Waals surface area contributed by atoms with Gasteiger partial charge in [-0.2, -0.15) is 0 Å². The molecule has 0 saturated carbocycles. The summed E-state index contributed by atoms with van der Waals surface area (Å²) in [4.78, 5) is 15.0. The van der Waals surface area contributed by atoms with Gasteiger partial charge in [0.1, 0.15) is 16.5 Å². The zero-order chi connectivity index (χ0) is 24.6. The summed E-state index contributed by atoms with van der Waals surface area (Å²) in [6.07, 6.45) is 3.22. The van der Waals surface area contributed by atoms with E-state index in [2.05, 4.69) is 13.8 Å². The zero-order valence-corrected chi connectivity index (χ0v) is 20.9. The van der Waals surface area contributed by atoms with Crippen molar-refractivity contribution in [1.29, 1.82) is 0 Å². The van der Waals surface area contributed by atoms with Crippen LogP contribution < -0.4 is 15.1 Å². The second kappa shape index (κ2) is 9.41. The molecule has 0 bridgehead atoms. The molecule has 2 atom stereocenters. The molecule has 2 aromatic carbocycles. The van der Waals surface area contributed by atoms with E-state index in [9.17, 15) is 13.2 Å². The van der Waals surface area contributed by atoms with E-state index in [-0.39, 0.29) is 15.2 Å². The number of sulfone groups is 1. The van der Waals surface area contributed by atoms with Crippen LogP contribution in [-0.4, -0.2) is 33.2 Å². The minimum Gasteiger partial charge on any atom is -0.497 e. The van der Waals surface area contributed by atoms with Gasteiger partial charge >= 0.3 is 0 Å². The molecule has 1 aromatic heterocycles. The van der Waals surface area contributed by atoms with E-state index in [0.717, 1.165) is 25.9 Å². The van der Waals surface area contributed by atoms with Gasteiger partial charge in [0.15, 0.2) is 0 Å². The minimum absolute atomic E-state index is 0.0128. The molecular formula is C26H31FN2O4S. The highest BCUT2D eigenvalue weighted by Gasteiger charge is 2.27. The lowest BCUT2D eigenvalue weighted by Gasteiger charge is -2.37. The number of aromatic nitrogens is 1. The monoisotopic (exact) mass is 486 g/mol. The van der Waals surface area contributed by atoms with Gasteiger partial charge in [-0.1, -0.05) is 20.8 Å². The molecule has 182 valence electrons. The lowest BCUT2D eigenvalue weighted by molar-refractivity contribution is 0.354. The van der Waals surface area contributed by atoms with E-state index in [1.54, 1.807) is 10.6 Å². The number of benzene rings is 2. The first kappa shape index (κ1) is 24.3. The normalized spacial score (nSPS) is 18.9. The summed E-state index contributed by atoms with van der Waals surface area (Å²) < 4.78 is 48.9. The fourth-order valence-electron chi connectivity index (χ4n) is 4.97. The van der Waals surface area contributed by atoms with Gasteiger partial charge in [0.2, 0.25) is 15.3 Å². The van der Waals surface area contributed by atoms with Gasteiger partial charge in [-0.15, -0.1) is 0 Å². The lowest BCUT2D eigenvalue weighted by atomic mass is 9.91. The summed E-state index contributed by atoms with van der Waals surface area (Å²) in [6, 6.07) is 8.79. The molecular weight excluding hydrogens is 455 g/mol. The summed E-state index contributed by atoms with van der Waals surface area (Å²) in [5.74, 6) is 0.882. The van der Waals surface area contributed by atoms with E-state index in [0.29, 0.717) is 35.3 Å². The van der Waals surface area contributed by atoms with E-state index in [4.69, 9.17) is 4.74 Å². The summed E-state index contributed by atoms with van der Waals surface area (Å²) in [5.41, 5.74) is 0.313. The highest BCUT2D eigenvalue weighted by Crippen LogP contribution is 2.32. The number of rotatable bonds is 6. The maximum atomic E-state index is 15.3. The molecule has 2 heterocycles. The van der Waals surface area contributed by atoms with Crippen molar-refractivity contribution >= 4 is 26.4 Å². The quantitative estimate of drug-likeness (QED) is 0.497. The molecule has 8 heteroatoms. The van der Waals surface area contributed by atoms with Crippen LogP contribution in [-0.2, 0) is 16.4 Å². The Bertz CT molecular complexity index is 1360. The second-order valence-corrected chi connectivity index (χ2v) is 11.3. The molecule has 6 nitrogen and oxygen atoms in total. The molecule has 1 fully saturated rings. The van der Waals surface area contributed by atoms with E-state index in [1.807, 2.05) is 11.8 Å². The van der Waals surface area contributed by atoms with Crippen molar-refractivity contribution in [3.05, 3.63) is 58.6 Å². The molecule has 0 aliphatic carbocycles. The molecule has 3 aromatic rings. The van der Waals surface area contributed by atoms with Crippen molar-refractivity contribution in [2.24, 2.45) is 11.8 Å².